The van der Waals surface area contributed by atoms with Crippen LogP contribution in [0.4, 0.5) is 0 Å². The summed E-state index contributed by atoms with van der Waals surface area (Å²) < 4.78 is 13.7. The molecule has 90 valence electrons. The molecule has 0 amide bonds. The molecule has 2 aromatic rings. The molecule has 2 aromatic carbocycles. The lowest BCUT2D eigenvalue weighted by atomic mass is 10.1. The van der Waals surface area contributed by atoms with Gasteiger partial charge >= 0.3 is 0 Å². The maximum Gasteiger partial charge on any atom is 0.116 e. The Bertz CT molecular complexity index is 554. The Morgan fingerprint density at radius 1 is 1.18 bits per heavy atom. The molecular weight excluding hydrogens is 234 g/mol. The molecule has 0 bridgehead atoms. The van der Waals surface area contributed by atoms with Crippen LogP contribution in [-0.4, -0.2) is 22.1 Å². The summed E-state index contributed by atoms with van der Waals surface area (Å²) in [4.78, 5) is 0. The van der Waals surface area contributed by atoms with E-state index >= 15 is 0 Å². The first-order chi connectivity index (χ1) is 8.15. The number of phenolic OH excluding ortho intramolecular Hbond substituents is 1. The average Bonchev–Trinajstić information content (AvgIpc) is 2.29. The second kappa shape index (κ2) is 5.29. The maximum absolute atomic E-state index is 10.9. The van der Waals surface area contributed by atoms with Crippen LogP contribution in [0.2, 0.25) is 0 Å². The number of benzene rings is 2. The molecule has 0 radical (unpaired) electrons. The number of nitrogens with one attached hydrogen (secondary N) is 1. The minimum atomic E-state index is -0.952. The van der Waals surface area contributed by atoms with Crippen LogP contribution < -0.4 is 4.72 Å². The van der Waals surface area contributed by atoms with E-state index in [0.29, 0.717) is 6.54 Å². The van der Waals surface area contributed by atoms with Crippen LogP contribution in [0.3, 0.4) is 0 Å². The first-order valence-corrected chi connectivity index (χ1v) is 6.99. The van der Waals surface area contributed by atoms with Crippen molar-refractivity contribution in [3.63, 3.8) is 0 Å². The quantitative estimate of drug-likeness (QED) is 0.870. The maximum atomic E-state index is 10.9. The summed E-state index contributed by atoms with van der Waals surface area (Å²) in [7, 11) is -0.952. The molecular formula is C13H15NO2S. The van der Waals surface area contributed by atoms with Gasteiger partial charge in [0.05, 0.1) is 11.0 Å². The van der Waals surface area contributed by atoms with Gasteiger partial charge in [-0.15, -0.1) is 0 Å². The molecule has 0 saturated carbocycles. The predicted octanol–water partition coefficient (Wildman–Crippen LogP) is 1.97. The highest BCUT2D eigenvalue weighted by molar-refractivity contribution is 7.82. The van der Waals surface area contributed by atoms with Gasteiger partial charge in [-0.2, -0.15) is 0 Å². The summed E-state index contributed by atoms with van der Waals surface area (Å²) in [5.74, 6) is 0.285. The fourth-order valence-corrected chi connectivity index (χ4v) is 2.17. The summed E-state index contributed by atoms with van der Waals surface area (Å²) in [6.07, 6.45) is 2.47. The van der Waals surface area contributed by atoms with E-state index in [1.807, 2.05) is 18.2 Å². The van der Waals surface area contributed by atoms with Crippen LogP contribution in [0.15, 0.2) is 36.4 Å². The Kier molecular flexibility index (Phi) is 3.76. The van der Waals surface area contributed by atoms with Crippen molar-refractivity contribution in [3.05, 3.63) is 42.0 Å². The molecule has 1 unspecified atom stereocenters. The van der Waals surface area contributed by atoms with E-state index in [0.717, 1.165) is 17.2 Å². The van der Waals surface area contributed by atoms with E-state index in [4.69, 9.17) is 0 Å². The molecule has 1 atom stereocenters. The molecule has 0 fully saturated rings. The van der Waals surface area contributed by atoms with Gasteiger partial charge in [0.1, 0.15) is 5.75 Å². The number of fused-ring (bicyclic) bond motifs is 1. The van der Waals surface area contributed by atoms with Crippen LogP contribution in [-0.2, 0) is 17.4 Å². The van der Waals surface area contributed by atoms with Gasteiger partial charge in [0.25, 0.3) is 0 Å². The van der Waals surface area contributed by atoms with E-state index in [2.05, 4.69) is 10.8 Å². The number of aromatic hydroxyl groups is 1. The van der Waals surface area contributed by atoms with Gasteiger partial charge in [-0.1, -0.05) is 24.3 Å². The predicted molar refractivity (Wildman–Crippen MR) is 71.4 cm³/mol. The molecule has 2 N–H and O–H groups in total. The first-order valence-electron chi connectivity index (χ1n) is 5.44. The van der Waals surface area contributed by atoms with Crippen LogP contribution in [0.25, 0.3) is 10.8 Å². The SMILES string of the molecule is CS(=O)NCCc1ccc2cc(O)ccc2c1. The van der Waals surface area contributed by atoms with Gasteiger partial charge in [-0.3, -0.25) is 0 Å². The Morgan fingerprint density at radius 2 is 1.88 bits per heavy atom. The van der Waals surface area contributed by atoms with Gasteiger partial charge < -0.3 is 5.11 Å². The van der Waals surface area contributed by atoms with Crippen molar-refractivity contribution in [1.29, 1.82) is 0 Å². The Morgan fingerprint density at radius 3 is 2.65 bits per heavy atom. The molecule has 17 heavy (non-hydrogen) atoms. The minimum Gasteiger partial charge on any atom is -0.508 e. The Hall–Kier alpha value is -1.39. The van der Waals surface area contributed by atoms with Gasteiger partial charge in [0, 0.05) is 12.8 Å². The minimum absolute atomic E-state index is 0.285. The molecule has 2 rings (SSSR count). The second-order valence-electron chi connectivity index (χ2n) is 3.96. The van der Waals surface area contributed by atoms with Gasteiger partial charge in [0.15, 0.2) is 0 Å². The summed E-state index contributed by atoms with van der Waals surface area (Å²) in [5.41, 5.74) is 1.20. The van der Waals surface area contributed by atoms with Crippen LogP contribution >= 0.6 is 0 Å². The van der Waals surface area contributed by atoms with Gasteiger partial charge in [-0.25, -0.2) is 8.93 Å². The molecule has 0 aliphatic rings. The molecule has 0 aliphatic carbocycles. The topological polar surface area (TPSA) is 49.3 Å². The summed E-state index contributed by atoms with van der Waals surface area (Å²) >= 11 is 0. The summed E-state index contributed by atoms with van der Waals surface area (Å²) in [6, 6.07) is 11.5. The molecule has 0 aliphatic heterocycles. The van der Waals surface area contributed by atoms with Crippen molar-refractivity contribution < 1.29 is 9.32 Å². The molecule has 0 heterocycles. The zero-order chi connectivity index (χ0) is 12.3. The highest BCUT2D eigenvalue weighted by atomic mass is 32.2. The summed E-state index contributed by atoms with van der Waals surface area (Å²) in [6.45, 7) is 0.701. The Labute approximate surface area is 103 Å². The summed E-state index contributed by atoms with van der Waals surface area (Å²) in [5, 5.41) is 11.5. The van der Waals surface area contributed by atoms with Gasteiger partial charge in [0.2, 0.25) is 0 Å². The van der Waals surface area contributed by atoms with Crippen molar-refractivity contribution in [2.24, 2.45) is 0 Å². The van der Waals surface area contributed by atoms with E-state index < -0.39 is 11.0 Å². The number of phenols is 1. The normalized spacial score (nSPS) is 12.8. The molecule has 0 aromatic heterocycles. The highest BCUT2D eigenvalue weighted by Gasteiger charge is 1.98. The standard InChI is InChI=1S/C13H15NO2S/c1-17(16)14-7-6-10-2-3-12-9-13(15)5-4-11(12)8-10/h2-5,8-9,14-15H,6-7H2,1H3. The smallest absolute Gasteiger partial charge is 0.116 e. The third kappa shape index (κ3) is 3.28. The van der Waals surface area contributed by atoms with E-state index in [1.165, 1.54) is 5.56 Å². The number of hydrogen-bond donors (Lipinski definition) is 2. The molecule has 4 heteroatoms. The fourth-order valence-electron chi connectivity index (χ4n) is 1.78. The molecule has 3 nitrogen and oxygen atoms in total. The Balaban J connectivity index is 2.14. The first kappa shape index (κ1) is 12.1. The van der Waals surface area contributed by atoms with Gasteiger partial charge in [-0.05, 0) is 34.9 Å². The highest BCUT2D eigenvalue weighted by Crippen LogP contribution is 2.21. The van der Waals surface area contributed by atoms with Crippen LogP contribution in [0.5, 0.6) is 5.75 Å². The third-order valence-electron chi connectivity index (χ3n) is 2.61. The average molecular weight is 249 g/mol. The van der Waals surface area contributed by atoms with Crippen molar-refractivity contribution in [2.75, 3.05) is 12.8 Å². The molecule has 0 saturated heterocycles. The monoisotopic (exact) mass is 249 g/mol. The third-order valence-corrected chi connectivity index (χ3v) is 3.22. The van der Waals surface area contributed by atoms with E-state index in [9.17, 15) is 9.32 Å². The lowest BCUT2D eigenvalue weighted by Gasteiger charge is -2.04. The zero-order valence-electron chi connectivity index (χ0n) is 9.64. The van der Waals surface area contributed by atoms with E-state index in [-0.39, 0.29) is 5.75 Å². The van der Waals surface area contributed by atoms with Crippen molar-refractivity contribution >= 4 is 21.8 Å². The lowest BCUT2D eigenvalue weighted by Crippen LogP contribution is -2.18. The van der Waals surface area contributed by atoms with E-state index in [1.54, 1.807) is 18.4 Å². The largest absolute Gasteiger partial charge is 0.508 e. The fraction of sp³-hybridized carbons (Fsp3) is 0.231. The lowest BCUT2D eigenvalue weighted by molar-refractivity contribution is 0.476. The number of rotatable bonds is 4. The molecule has 0 spiro atoms. The van der Waals surface area contributed by atoms with Crippen molar-refractivity contribution in [3.8, 4) is 5.75 Å². The van der Waals surface area contributed by atoms with Crippen molar-refractivity contribution in [1.82, 2.24) is 4.72 Å². The van der Waals surface area contributed by atoms with Crippen LogP contribution in [0, 0.1) is 0 Å². The zero-order valence-corrected chi connectivity index (χ0v) is 10.5. The number of hydrogen-bond acceptors (Lipinski definition) is 2. The second-order valence-corrected chi connectivity index (χ2v) is 5.16. The van der Waals surface area contributed by atoms with Crippen molar-refractivity contribution in [2.45, 2.75) is 6.42 Å². The van der Waals surface area contributed by atoms with Crippen LogP contribution in [0.1, 0.15) is 5.56 Å².